The average Bonchev–Trinajstić information content (AvgIpc) is 3.18. The van der Waals surface area contributed by atoms with Crippen LogP contribution in [0.3, 0.4) is 0 Å². The number of para-hydroxylation sites is 1. The number of carbonyl (C=O) groups is 3. The number of amides is 3. The number of ether oxygens (including phenoxy) is 1. The molecule has 4 rings (SSSR count). The molecule has 0 unspecified atom stereocenters. The molecule has 0 aromatic heterocycles. The van der Waals surface area contributed by atoms with Gasteiger partial charge in [-0.3, -0.25) is 14.4 Å². The summed E-state index contributed by atoms with van der Waals surface area (Å²) in [4.78, 5) is 43.7. The molecule has 0 radical (unpaired) electrons. The number of nitrogens with one attached hydrogen (secondary N) is 1. The molecule has 2 aliphatic heterocycles. The Balaban J connectivity index is 1.64. The molecule has 0 bridgehead atoms. The third-order valence-corrected chi connectivity index (χ3v) is 6.04. The zero-order chi connectivity index (χ0) is 23.5. The number of hydrogen-bond donors (Lipinski definition) is 1. The Labute approximate surface area is 194 Å². The molecule has 2 aromatic carbocycles. The van der Waals surface area contributed by atoms with Crippen molar-refractivity contribution in [1.82, 2.24) is 20.0 Å². The van der Waals surface area contributed by atoms with Crippen molar-refractivity contribution in [2.75, 3.05) is 47.4 Å². The van der Waals surface area contributed by atoms with Gasteiger partial charge in [0.1, 0.15) is 12.4 Å². The molecule has 0 spiro atoms. The molecule has 8 nitrogen and oxygen atoms in total. The number of carbonyl (C=O) groups excluding carboxylic acids is 3. The molecule has 0 saturated carbocycles. The predicted molar refractivity (Wildman–Crippen MR) is 125 cm³/mol. The molecule has 2 aromatic rings. The van der Waals surface area contributed by atoms with Gasteiger partial charge in [-0.15, -0.1) is 0 Å². The summed E-state index contributed by atoms with van der Waals surface area (Å²) in [7, 11) is 5.32. The molecule has 174 valence electrons. The fourth-order valence-corrected chi connectivity index (χ4v) is 4.52. The lowest BCUT2D eigenvalue weighted by Gasteiger charge is -2.28. The first-order valence-electron chi connectivity index (χ1n) is 11.1. The summed E-state index contributed by atoms with van der Waals surface area (Å²) < 4.78 is 6.22. The van der Waals surface area contributed by atoms with Gasteiger partial charge in [-0.05, 0) is 38.2 Å². The molecule has 2 atom stereocenters. The summed E-state index contributed by atoms with van der Waals surface area (Å²) in [6, 6.07) is 14.6. The largest absolute Gasteiger partial charge is 0.491 e. The Bertz CT molecular complexity index is 1050. The van der Waals surface area contributed by atoms with Gasteiger partial charge in [-0.2, -0.15) is 0 Å². The Morgan fingerprint density at radius 3 is 2.45 bits per heavy atom. The molecule has 1 saturated heterocycles. The quantitative estimate of drug-likeness (QED) is 0.766. The highest BCUT2D eigenvalue weighted by atomic mass is 16.5. The van der Waals surface area contributed by atoms with E-state index in [1.54, 1.807) is 22.9 Å². The minimum absolute atomic E-state index is 0.0380. The van der Waals surface area contributed by atoms with Gasteiger partial charge < -0.3 is 24.8 Å². The first-order chi connectivity index (χ1) is 15.8. The Morgan fingerprint density at radius 1 is 1.06 bits per heavy atom. The predicted octanol–water partition coefficient (Wildman–Crippen LogP) is 1.47. The molecule has 1 fully saturated rings. The van der Waals surface area contributed by atoms with Gasteiger partial charge in [0.2, 0.25) is 11.8 Å². The van der Waals surface area contributed by atoms with Crippen molar-refractivity contribution in [2.45, 2.75) is 18.5 Å². The Hall–Kier alpha value is -3.39. The van der Waals surface area contributed by atoms with Crippen LogP contribution in [0.1, 0.15) is 16.8 Å². The number of hydrogen-bond acceptors (Lipinski definition) is 5. The van der Waals surface area contributed by atoms with Crippen LogP contribution in [0.25, 0.3) is 11.1 Å². The number of fused-ring (bicyclic) bond motifs is 4. The zero-order valence-corrected chi connectivity index (χ0v) is 19.3. The van der Waals surface area contributed by atoms with E-state index in [4.69, 9.17) is 4.74 Å². The third-order valence-electron chi connectivity index (χ3n) is 6.04. The van der Waals surface area contributed by atoms with Gasteiger partial charge in [0.25, 0.3) is 5.91 Å². The van der Waals surface area contributed by atoms with Crippen molar-refractivity contribution >= 4 is 17.7 Å². The van der Waals surface area contributed by atoms with Crippen LogP contribution in [0.15, 0.2) is 48.5 Å². The monoisotopic (exact) mass is 450 g/mol. The van der Waals surface area contributed by atoms with Crippen LogP contribution in [0.2, 0.25) is 0 Å². The van der Waals surface area contributed by atoms with Crippen LogP contribution in [0.4, 0.5) is 0 Å². The minimum atomic E-state index is -0.221. The maximum Gasteiger partial charge on any atom is 0.254 e. The van der Waals surface area contributed by atoms with Gasteiger partial charge >= 0.3 is 0 Å². The number of rotatable bonds is 3. The number of likely N-dealkylation sites (N-methyl/N-ethyl adjacent to an activating group) is 2. The highest BCUT2D eigenvalue weighted by Crippen LogP contribution is 2.34. The van der Waals surface area contributed by atoms with Crippen LogP contribution >= 0.6 is 0 Å². The third kappa shape index (κ3) is 5.01. The topological polar surface area (TPSA) is 82.2 Å². The lowest BCUT2D eigenvalue weighted by molar-refractivity contribution is -0.133. The van der Waals surface area contributed by atoms with Crippen molar-refractivity contribution in [3.63, 3.8) is 0 Å². The van der Waals surface area contributed by atoms with Gasteiger partial charge in [-0.25, -0.2) is 0 Å². The highest BCUT2D eigenvalue weighted by molar-refractivity contribution is 6.02. The summed E-state index contributed by atoms with van der Waals surface area (Å²) in [5, 5.41) is 3.03. The van der Waals surface area contributed by atoms with E-state index in [2.05, 4.69) is 5.32 Å². The molecular weight excluding hydrogens is 420 g/mol. The number of benzene rings is 2. The summed E-state index contributed by atoms with van der Waals surface area (Å²) in [5.74, 6) is 0.203. The molecule has 33 heavy (non-hydrogen) atoms. The van der Waals surface area contributed by atoms with Gasteiger partial charge in [0.05, 0.1) is 19.1 Å². The summed E-state index contributed by atoms with van der Waals surface area (Å²) in [6.07, 6.45) is 0.599. The van der Waals surface area contributed by atoms with Crippen molar-refractivity contribution in [2.24, 2.45) is 0 Å². The van der Waals surface area contributed by atoms with E-state index < -0.39 is 0 Å². The van der Waals surface area contributed by atoms with Crippen LogP contribution in [0.5, 0.6) is 5.75 Å². The van der Waals surface area contributed by atoms with E-state index in [-0.39, 0.29) is 42.9 Å². The first-order valence-corrected chi connectivity index (χ1v) is 11.1. The molecule has 0 aliphatic carbocycles. The van der Waals surface area contributed by atoms with Gasteiger partial charge in [0.15, 0.2) is 0 Å². The van der Waals surface area contributed by atoms with Crippen molar-refractivity contribution < 1.29 is 19.1 Å². The van der Waals surface area contributed by atoms with E-state index in [1.807, 2.05) is 56.6 Å². The Morgan fingerprint density at radius 2 is 1.73 bits per heavy atom. The van der Waals surface area contributed by atoms with E-state index in [9.17, 15) is 14.4 Å². The van der Waals surface area contributed by atoms with Gasteiger partial charge in [-0.1, -0.05) is 36.4 Å². The maximum atomic E-state index is 13.3. The molecule has 8 heteroatoms. The Kier molecular flexibility index (Phi) is 6.65. The molecule has 2 heterocycles. The van der Waals surface area contributed by atoms with E-state index in [0.29, 0.717) is 30.9 Å². The maximum absolute atomic E-state index is 13.3. The van der Waals surface area contributed by atoms with E-state index >= 15 is 0 Å². The standard InChI is InChI=1S/C25H30N4O4/c1-27(2)14-23(30)26-17-12-18-16-33-22-11-7-6-9-20(22)19-8-4-5-10-21(19)25(32)28(3)15-24(31)29(18)13-17/h4-11,17-18H,12-16H2,1-3H3,(H,26,30)/t17-,18+/m1/s1. The lowest BCUT2D eigenvalue weighted by atomic mass is 9.98. The fourth-order valence-electron chi connectivity index (χ4n) is 4.52. The average molecular weight is 451 g/mol. The fraction of sp³-hybridized carbons (Fsp3) is 0.400. The number of nitrogens with zero attached hydrogens (tertiary/aromatic N) is 3. The van der Waals surface area contributed by atoms with E-state index in [0.717, 1.165) is 11.1 Å². The van der Waals surface area contributed by atoms with Crippen LogP contribution in [0, 0.1) is 0 Å². The van der Waals surface area contributed by atoms with Gasteiger partial charge in [0, 0.05) is 30.8 Å². The van der Waals surface area contributed by atoms with Crippen LogP contribution in [-0.2, 0) is 9.59 Å². The second-order valence-corrected chi connectivity index (χ2v) is 8.95. The first kappa shape index (κ1) is 22.8. The molecule has 2 aliphatic rings. The summed E-state index contributed by atoms with van der Waals surface area (Å²) >= 11 is 0. The summed E-state index contributed by atoms with van der Waals surface area (Å²) in [5.41, 5.74) is 2.13. The molecule has 1 N–H and O–H groups in total. The molecular formula is C25H30N4O4. The minimum Gasteiger partial charge on any atom is -0.491 e. The molecule has 3 amide bonds. The lowest BCUT2D eigenvalue weighted by Crippen LogP contribution is -2.46. The van der Waals surface area contributed by atoms with Crippen LogP contribution < -0.4 is 10.1 Å². The summed E-state index contributed by atoms with van der Waals surface area (Å²) in [6.45, 7) is 0.951. The van der Waals surface area contributed by atoms with Crippen molar-refractivity contribution in [1.29, 1.82) is 0 Å². The SMILES string of the molecule is CN(C)CC(=O)N[C@@H]1C[C@H]2COc3ccccc3-c3ccccc3C(=O)N(C)CC(=O)N2C1. The normalized spacial score (nSPS) is 20.8. The van der Waals surface area contributed by atoms with Crippen molar-refractivity contribution in [3.8, 4) is 16.9 Å². The highest BCUT2D eigenvalue weighted by Gasteiger charge is 2.37. The van der Waals surface area contributed by atoms with Crippen molar-refractivity contribution in [3.05, 3.63) is 54.1 Å². The van der Waals surface area contributed by atoms with Crippen LogP contribution in [-0.4, -0.2) is 91.9 Å². The smallest absolute Gasteiger partial charge is 0.254 e. The zero-order valence-electron chi connectivity index (χ0n) is 19.3. The second kappa shape index (κ2) is 9.62. The van der Waals surface area contributed by atoms with E-state index in [1.165, 1.54) is 4.90 Å². The second-order valence-electron chi connectivity index (χ2n) is 8.95.